The van der Waals surface area contributed by atoms with Gasteiger partial charge in [-0.05, 0) is 25.0 Å². The molecule has 1 fully saturated rings. The first-order valence-corrected chi connectivity index (χ1v) is 3.83. The lowest BCUT2D eigenvalue weighted by Gasteiger charge is -2.01. The molecule has 2 rings (SSSR count). The van der Waals surface area contributed by atoms with Gasteiger partial charge in [0.15, 0.2) is 0 Å². The SMILES string of the molecule is Nc1ccc(NC2CC2)nc1. The highest BCUT2D eigenvalue weighted by atomic mass is 15.0. The van der Waals surface area contributed by atoms with Gasteiger partial charge in [0, 0.05) is 6.04 Å². The fourth-order valence-electron chi connectivity index (χ4n) is 0.927. The number of anilines is 2. The summed E-state index contributed by atoms with van der Waals surface area (Å²) < 4.78 is 0. The zero-order valence-electron chi connectivity index (χ0n) is 6.25. The van der Waals surface area contributed by atoms with E-state index in [0.29, 0.717) is 11.7 Å². The Morgan fingerprint density at radius 2 is 2.27 bits per heavy atom. The molecule has 0 atom stereocenters. The second-order valence-electron chi connectivity index (χ2n) is 2.90. The van der Waals surface area contributed by atoms with Crippen LogP contribution in [0.5, 0.6) is 0 Å². The molecule has 0 spiro atoms. The number of nitrogens with two attached hydrogens (primary N) is 1. The van der Waals surface area contributed by atoms with Gasteiger partial charge in [0.05, 0.1) is 11.9 Å². The van der Waals surface area contributed by atoms with Crippen molar-refractivity contribution in [2.75, 3.05) is 11.1 Å². The predicted octanol–water partition coefficient (Wildman–Crippen LogP) is 1.24. The molecule has 3 heteroatoms. The van der Waals surface area contributed by atoms with E-state index in [4.69, 9.17) is 5.73 Å². The quantitative estimate of drug-likeness (QED) is 0.665. The molecule has 3 N–H and O–H groups in total. The largest absolute Gasteiger partial charge is 0.397 e. The second-order valence-corrected chi connectivity index (χ2v) is 2.90. The summed E-state index contributed by atoms with van der Waals surface area (Å²) in [4.78, 5) is 4.12. The van der Waals surface area contributed by atoms with Crippen molar-refractivity contribution in [1.29, 1.82) is 0 Å². The Balaban J connectivity index is 2.06. The first-order chi connectivity index (χ1) is 5.34. The molecule has 0 aromatic carbocycles. The minimum Gasteiger partial charge on any atom is -0.397 e. The maximum Gasteiger partial charge on any atom is 0.126 e. The molecule has 0 unspecified atom stereocenters. The van der Waals surface area contributed by atoms with Crippen LogP contribution in [0.3, 0.4) is 0 Å². The highest BCUT2D eigenvalue weighted by molar-refractivity contribution is 5.44. The molecule has 1 saturated carbocycles. The Bertz CT molecular complexity index is 238. The number of hydrogen-bond donors (Lipinski definition) is 2. The fourth-order valence-corrected chi connectivity index (χ4v) is 0.927. The molecule has 0 bridgehead atoms. The van der Waals surface area contributed by atoms with Crippen LogP contribution in [0, 0.1) is 0 Å². The van der Waals surface area contributed by atoms with Crippen LogP contribution in [0.1, 0.15) is 12.8 Å². The topological polar surface area (TPSA) is 50.9 Å². The monoisotopic (exact) mass is 149 g/mol. The van der Waals surface area contributed by atoms with Crippen molar-refractivity contribution in [3.63, 3.8) is 0 Å². The normalized spacial score (nSPS) is 16.4. The van der Waals surface area contributed by atoms with Crippen molar-refractivity contribution in [2.24, 2.45) is 0 Å². The van der Waals surface area contributed by atoms with E-state index in [1.54, 1.807) is 6.20 Å². The highest BCUT2D eigenvalue weighted by Gasteiger charge is 2.20. The van der Waals surface area contributed by atoms with Crippen LogP contribution < -0.4 is 11.1 Å². The standard InChI is InChI=1S/C8H11N3/c9-6-1-4-8(10-5-6)11-7-2-3-7/h1,4-5,7H,2-3,9H2,(H,10,11). The van der Waals surface area contributed by atoms with Gasteiger partial charge in [-0.2, -0.15) is 0 Å². The van der Waals surface area contributed by atoms with Crippen LogP contribution >= 0.6 is 0 Å². The zero-order valence-corrected chi connectivity index (χ0v) is 6.25. The third-order valence-electron chi connectivity index (χ3n) is 1.72. The van der Waals surface area contributed by atoms with Crippen LogP contribution in [0.4, 0.5) is 11.5 Å². The maximum absolute atomic E-state index is 5.48. The summed E-state index contributed by atoms with van der Waals surface area (Å²) in [6.45, 7) is 0. The van der Waals surface area contributed by atoms with Gasteiger partial charge in [-0.3, -0.25) is 0 Å². The van der Waals surface area contributed by atoms with E-state index < -0.39 is 0 Å². The van der Waals surface area contributed by atoms with Gasteiger partial charge in [0.2, 0.25) is 0 Å². The summed E-state index contributed by atoms with van der Waals surface area (Å²) in [6.07, 6.45) is 4.21. The number of pyridine rings is 1. The lowest BCUT2D eigenvalue weighted by atomic mass is 10.4. The number of nitrogens with zero attached hydrogens (tertiary/aromatic N) is 1. The van der Waals surface area contributed by atoms with E-state index >= 15 is 0 Å². The van der Waals surface area contributed by atoms with Crippen LogP contribution in [0.2, 0.25) is 0 Å². The van der Waals surface area contributed by atoms with Crippen molar-refractivity contribution >= 4 is 11.5 Å². The molecule has 0 amide bonds. The molecule has 0 saturated heterocycles. The molecule has 1 heterocycles. The Hall–Kier alpha value is -1.25. The minimum atomic E-state index is 0.658. The average molecular weight is 149 g/mol. The Labute approximate surface area is 65.6 Å². The smallest absolute Gasteiger partial charge is 0.126 e. The zero-order chi connectivity index (χ0) is 7.68. The molecule has 1 aromatic heterocycles. The van der Waals surface area contributed by atoms with Crippen LogP contribution in [0.25, 0.3) is 0 Å². The first kappa shape index (κ1) is 6.46. The number of nitrogens with one attached hydrogen (secondary N) is 1. The third kappa shape index (κ3) is 1.61. The summed E-state index contributed by atoms with van der Waals surface area (Å²) in [5.74, 6) is 0.932. The summed E-state index contributed by atoms with van der Waals surface area (Å²) in [5.41, 5.74) is 6.20. The fraction of sp³-hybridized carbons (Fsp3) is 0.375. The number of nitrogen functional groups attached to an aromatic ring is 1. The van der Waals surface area contributed by atoms with E-state index in [9.17, 15) is 0 Å². The number of aromatic nitrogens is 1. The van der Waals surface area contributed by atoms with Gasteiger partial charge < -0.3 is 11.1 Å². The summed E-state index contributed by atoms with van der Waals surface area (Å²) in [5, 5.41) is 3.28. The van der Waals surface area contributed by atoms with E-state index in [1.807, 2.05) is 12.1 Å². The van der Waals surface area contributed by atoms with Gasteiger partial charge >= 0.3 is 0 Å². The summed E-state index contributed by atoms with van der Waals surface area (Å²) in [7, 11) is 0. The van der Waals surface area contributed by atoms with Gasteiger partial charge in [-0.25, -0.2) is 4.98 Å². The number of hydrogen-bond acceptors (Lipinski definition) is 3. The molecule has 3 nitrogen and oxygen atoms in total. The van der Waals surface area contributed by atoms with Crippen LogP contribution in [-0.4, -0.2) is 11.0 Å². The van der Waals surface area contributed by atoms with Gasteiger partial charge in [0.25, 0.3) is 0 Å². The molecule has 1 aliphatic rings. The lowest BCUT2D eigenvalue weighted by molar-refractivity contribution is 1.11. The Morgan fingerprint density at radius 1 is 1.45 bits per heavy atom. The van der Waals surface area contributed by atoms with E-state index in [-0.39, 0.29) is 0 Å². The van der Waals surface area contributed by atoms with Crippen molar-refractivity contribution in [1.82, 2.24) is 4.98 Å². The highest BCUT2D eigenvalue weighted by Crippen LogP contribution is 2.23. The summed E-state index contributed by atoms with van der Waals surface area (Å²) >= 11 is 0. The molecule has 0 radical (unpaired) electrons. The summed E-state index contributed by atoms with van der Waals surface area (Å²) in [6, 6.07) is 4.43. The Kier molecular flexibility index (Phi) is 1.42. The van der Waals surface area contributed by atoms with Crippen LogP contribution in [-0.2, 0) is 0 Å². The van der Waals surface area contributed by atoms with Gasteiger partial charge in [0.1, 0.15) is 5.82 Å². The van der Waals surface area contributed by atoms with Gasteiger partial charge in [-0.1, -0.05) is 0 Å². The van der Waals surface area contributed by atoms with Crippen molar-refractivity contribution in [3.05, 3.63) is 18.3 Å². The molecule has 58 valence electrons. The molecular weight excluding hydrogens is 138 g/mol. The van der Waals surface area contributed by atoms with Crippen molar-refractivity contribution in [3.8, 4) is 0 Å². The molecular formula is C8H11N3. The van der Waals surface area contributed by atoms with Gasteiger partial charge in [-0.15, -0.1) is 0 Å². The molecule has 0 aliphatic heterocycles. The maximum atomic E-state index is 5.48. The first-order valence-electron chi connectivity index (χ1n) is 3.83. The van der Waals surface area contributed by atoms with E-state index in [2.05, 4.69) is 10.3 Å². The predicted molar refractivity (Wildman–Crippen MR) is 45.3 cm³/mol. The van der Waals surface area contributed by atoms with Crippen molar-refractivity contribution in [2.45, 2.75) is 18.9 Å². The lowest BCUT2D eigenvalue weighted by Crippen LogP contribution is -2.02. The minimum absolute atomic E-state index is 0.658. The second kappa shape index (κ2) is 2.42. The van der Waals surface area contributed by atoms with Crippen LogP contribution in [0.15, 0.2) is 18.3 Å². The average Bonchev–Trinajstić information content (AvgIpc) is 2.78. The molecule has 1 aromatic rings. The number of rotatable bonds is 2. The molecule has 11 heavy (non-hydrogen) atoms. The Morgan fingerprint density at radius 3 is 2.82 bits per heavy atom. The van der Waals surface area contributed by atoms with E-state index in [1.165, 1.54) is 12.8 Å². The van der Waals surface area contributed by atoms with Crippen molar-refractivity contribution < 1.29 is 0 Å². The third-order valence-corrected chi connectivity index (χ3v) is 1.72. The van der Waals surface area contributed by atoms with E-state index in [0.717, 1.165) is 5.82 Å². The molecule has 1 aliphatic carbocycles.